The van der Waals surface area contributed by atoms with Gasteiger partial charge in [0, 0.05) is 38.1 Å². The molecule has 26 heavy (non-hydrogen) atoms. The second kappa shape index (κ2) is 8.10. The number of amides is 1. The molecule has 1 aromatic heterocycles. The lowest BCUT2D eigenvalue weighted by Gasteiger charge is -2.33. The van der Waals surface area contributed by atoms with Gasteiger partial charge in [-0.1, -0.05) is 23.2 Å². The number of rotatable bonds is 4. The van der Waals surface area contributed by atoms with Gasteiger partial charge in [-0.2, -0.15) is 0 Å². The molecule has 1 saturated heterocycles. The number of halogens is 2. The minimum atomic E-state index is -0.144. The number of likely N-dealkylation sites (tertiary alicyclic amines) is 1. The predicted molar refractivity (Wildman–Crippen MR) is 102 cm³/mol. The Balaban J connectivity index is 1.72. The number of aromatic nitrogens is 2. The van der Waals surface area contributed by atoms with Gasteiger partial charge >= 0.3 is 0 Å². The molecule has 138 valence electrons. The molecule has 3 rings (SSSR count). The molecule has 0 bridgehead atoms. The monoisotopic (exact) mass is 394 g/mol. The Hall–Kier alpha value is -2.05. The van der Waals surface area contributed by atoms with Crippen LogP contribution in [0.1, 0.15) is 23.2 Å². The summed E-state index contributed by atoms with van der Waals surface area (Å²) in [5, 5.41) is 0.861. The van der Waals surface area contributed by atoms with Crippen molar-refractivity contribution in [2.45, 2.75) is 18.9 Å². The van der Waals surface area contributed by atoms with Crippen LogP contribution in [0.5, 0.6) is 5.88 Å². The highest BCUT2D eigenvalue weighted by Crippen LogP contribution is 2.26. The molecule has 1 fully saturated rings. The third-order valence-electron chi connectivity index (χ3n) is 4.18. The van der Waals surface area contributed by atoms with Crippen molar-refractivity contribution in [3.63, 3.8) is 0 Å². The number of hydrogen-bond acceptors (Lipinski definition) is 5. The van der Waals surface area contributed by atoms with Gasteiger partial charge in [0.05, 0.1) is 17.1 Å². The van der Waals surface area contributed by atoms with Crippen LogP contribution in [0.25, 0.3) is 0 Å². The first-order chi connectivity index (χ1) is 12.5. The van der Waals surface area contributed by atoms with Crippen LogP contribution in [0.15, 0.2) is 30.6 Å². The van der Waals surface area contributed by atoms with E-state index in [1.54, 1.807) is 35.5 Å². The minimum Gasteiger partial charge on any atom is -0.470 e. The van der Waals surface area contributed by atoms with Crippen LogP contribution in [0.3, 0.4) is 0 Å². The second-order valence-electron chi connectivity index (χ2n) is 6.34. The molecule has 1 unspecified atom stereocenters. The zero-order valence-corrected chi connectivity index (χ0v) is 16.2. The average Bonchev–Trinajstić information content (AvgIpc) is 2.62. The van der Waals surface area contributed by atoms with E-state index in [2.05, 4.69) is 9.97 Å². The summed E-state index contributed by atoms with van der Waals surface area (Å²) in [6.45, 7) is 1.14. The normalized spacial score (nSPS) is 17.1. The first-order valence-corrected chi connectivity index (χ1v) is 9.10. The Kier molecular flexibility index (Phi) is 5.84. The van der Waals surface area contributed by atoms with E-state index in [1.807, 2.05) is 19.0 Å². The molecule has 1 aliphatic rings. The fraction of sp³-hybridized carbons (Fsp3) is 0.389. The number of nitrogens with zero attached hydrogens (tertiary/aromatic N) is 4. The number of anilines is 1. The molecular formula is C18H20Cl2N4O2. The first-order valence-electron chi connectivity index (χ1n) is 8.35. The molecule has 0 aliphatic carbocycles. The van der Waals surface area contributed by atoms with E-state index >= 15 is 0 Å². The first kappa shape index (κ1) is 18.7. The molecule has 1 amide bonds. The van der Waals surface area contributed by atoms with Gasteiger partial charge in [0.2, 0.25) is 0 Å². The summed E-state index contributed by atoms with van der Waals surface area (Å²) in [5.74, 6) is 1.02. The smallest absolute Gasteiger partial charge is 0.257 e. The SMILES string of the molecule is CN(C)c1nccnc1OC1CCCN(C(=O)c2ccc(Cl)cc2Cl)C1. The Morgan fingerprint density at radius 3 is 2.77 bits per heavy atom. The highest BCUT2D eigenvalue weighted by atomic mass is 35.5. The van der Waals surface area contributed by atoms with E-state index in [9.17, 15) is 4.79 Å². The molecule has 1 aromatic carbocycles. The molecule has 1 aliphatic heterocycles. The molecule has 1 atom stereocenters. The molecule has 2 heterocycles. The summed E-state index contributed by atoms with van der Waals surface area (Å²) in [4.78, 5) is 25.0. The Bertz CT molecular complexity index is 801. The van der Waals surface area contributed by atoms with E-state index in [0.717, 1.165) is 12.8 Å². The predicted octanol–water partition coefficient (Wildman–Crippen LogP) is 3.53. The van der Waals surface area contributed by atoms with Crippen molar-refractivity contribution in [2.75, 3.05) is 32.1 Å². The van der Waals surface area contributed by atoms with Crippen molar-refractivity contribution in [3.05, 3.63) is 46.2 Å². The van der Waals surface area contributed by atoms with Crippen molar-refractivity contribution >= 4 is 34.9 Å². The standard InChI is InChI=1S/C18H20Cl2N4O2/c1-23(2)16-17(22-8-7-21-16)26-13-4-3-9-24(11-13)18(25)14-6-5-12(19)10-15(14)20/h5-8,10,13H,3-4,9,11H2,1-2H3. The average molecular weight is 395 g/mol. The van der Waals surface area contributed by atoms with Gasteiger partial charge in [-0.15, -0.1) is 0 Å². The Morgan fingerprint density at radius 1 is 1.27 bits per heavy atom. The van der Waals surface area contributed by atoms with Crippen molar-refractivity contribution in [1.29, 1.82) is 0 Å². The van der Waals surface area contributed by atoms with Crippen molar-refractivity contribution in [1.82, 2.24) is 14.9 Å². The lowest BCUT2D eigenvalue weighted by molar-refractivity contribution is 0.0528. The summed E-state index contributed by atoms with van der Waals surface area (Å²) < 4.78 is 6.05. The summed E-state index contributed by atoms with van der Waals surface area (Å²) in [6.07, 6.45) is 4.78. The van der Waals surface area contributed by atoms with Crippen molar-refractivity contribution in [2.24, 2.45) is 0 Å². The summed E-state index contributed by atoms with van der Waals surface area (Å²) in [5.41, 5.74) is 0.449. The molecule has 0 saturated carbocycles. The maximum Gasteiger partial charge on any atom is 0.257 e. The Labute approximate surface area is 162 Å². The van der Waals surface area contributed by atoms with E-state index in [4.69, 9.17) is 27.9 Å². The summed E-state index contributed by atoms with van der Waals surface area (Å²) >= 11 is 12.1. The largest absolute Gasteiger partial charge is 0.470 e. The van der Waals surface area contributed by atoms with Gasteiger partial charge in [0.15, 0.2) is 5.82 Å². The van der Waals surface area contributed by atoms with E-state index < -0.39 is 0 Å². The Morgan fingerprint density at radius 2 is 2.04 bits per heavy atom. The number of hydrogen-bond donors (Lipinski definition) is 0. The van der Waals surface area contributed by atoms with Gasteiger partial charge in [-0.05, 0) is 31.0 Å². The van der Waals surface area contributed by atoms with Crippen LogP contribution >= 0.6 is 23.2 Å². The third-order valence-corrected chi connectivity index (χ3v) is 4.72. The van der Waals surface area contributed by atoms with Crippen LogP contribution in [0, 0.1) is 0 Å². The van der Waals surface area contributed by atoms with E-state index in [-0.39, 0.29) is 12.0 Å². The van der Waals surface area contributed by atoms with Crippen LogP contribution in [0.2, 0.25) is 10.0 Å². The molecule has 6 nitrogen and oxygen atoms in total. The molecular weight excluding hydrogens is 375 g/mol. The van der Waals surface area contributed by atoms with Crippen LogP contribution in [0.4, 0.5) is 5.82 Å². The molecule has 0 N–H and O–H groups in total. The maximum absolute atomic E-state index is 12.8. The number of piperidine rings is 1. The lowest BCUT2D eigenvalue weighted by atomic mass is 10.1. The van der Waals surface area contributed by atoms with E-state index in [0.29, 0.717) is 40.4 Å². The highest BCUT2D eigenvalue weighted by molar-refractivity contribution is 6.36. The highest BCUT2D eigenvalue weighted by Gasteiger charge is 2.28. The molecule has 2 aromatic rings. The topological polar surface area (TPSA) is 58.6 Å². The van der Waals surface area contributed by atoms with Gasteiger partial charge < -0.3 is 14.5 Å². The lowest BCUT2D eigenvalue weighted by Crippen LogP contribution is -2.44. The fourth-order valence-electron chi connectivity index (χ4n) is 2.92. The van der Waals surface area contributed by atoms with Gasteiger partial charge in [-0.25, -0.2) is 9.97 Å². The van der Waals surface area contributed by atoms with Crippen LogP contribution < -0.4 is 9.64 Å². The van der Waals surface area contributed by atoms with Crippen LogP contribution in [-0.2, 0) is 0 Å². The zero-order valence-electron chi connectivity index (χ0n) is 14.7. The van der Waals surface area contributed by atoms with Crippen molar-refractivity contribution < 1.29 is 9.53 Å². The van der Waals surface area contributed by atoms with Gasteiger partial charge in [0.1, 0.15) is 6.10 Å². The summed E-state index contributed by atoms with van der Waals surface area (Å²) in [6, 6.07) is 4.91. The number of carbonyl (C=O) groups excluding carboxylic acids is 1. The summed E-state index contributed by atoms with van der Waals surface area (Å²) in [7, 11) is 3.77. The maximum atomic E-state index is 12.8. The van der Waals surface area contributed by atoms with Gasteiger partial charge in [0.25, 0.3) is 11.8 Å². The fourth-order valence-corrected chi connectivity index (χ4v) is 3.41. The van der Waals surface area contributed by atoms with Crippen LogP contribution in [-0.4, -0.2) is 54.1 Å². The van der Waals surface area contributed by atoms with Gasteiger partial charge in [-0.3, -0.25) is 4.79 Å². The second-order valence-corrected chi connectivity index (χ2v) is 7.18. The third kappa shape index (κ3) is 4.19. The molecule has 0 spiro atoms. The minimum absolute atomic E-state index is 0.119. The van der Waals surface area contributed by atoms with E-state index in [1.165, 1.54) is 0 Å². The number of benzene rings is 1. The number of ether oxygens (including phenoxy) is 1. The molecule has 0 radical (unpaired) electrons. The number of carbonyl (C=O) groups is 1. The zero-order chi connectivity index (χ0) is 18.7. The quantitative estimate of drug-likeness (QED) is 0.793. The van der Waals surface area contributed by atoms with Crippen molar-refractivity contribution in [3.8, 4) is 5.88 Å². The molecule has 8 heteroatoms.